The molecule has 4 aromatic rings. The fourth-order valence-electron chi connectivity index (χ4n) is 4.41. The zero-order chi connectivity index (χ0) is 18.8. The Hall–Kier alpha value is -3.12. The molecule has 0 radical (unpaired) electrons. The average Bonchev–Trinajstić information content (AvgIpc) is 2.73. The molecular weight excluding hydrogens is 336 g/mol. The largest absolute Gasteiger partial charge is 0.0620 e. The van der Waals surface area contributed by atoms with E-state index in [1.165, 1.54) is 44.5 Å². The maximum atomic E-state index is 2.39. The third-order valence-electron chi connectivity index (χ3n) is 5.90. The summed E-state index contributed by atoms with van der Waals surface area (Å²) in [6, 6.07) is 35.9. The second-order valence-electron chi connectivity index (χ2n) is 7.83. The first kappa shape index (κ1) is 17.0. The molecule has 0 saturated carbocycles. The van der Waals surface area contributed by atoms with Crippen LogP contribution in [0.4, 0.5) is 0 Å². The molecule has 2 bridgehead atoms. The van der Waals surface area contributed by atoms with E-state index in [0.717, 1.165) is 25.7 Å². The predicted octanol–water partition coefficient (Wildman–Crippen LogP) is 6.36. The SMILES string of the molecule is c1cc2cc(c1)Cc1ccccc1Cc1ccccc1Cc1ccccc1C2. The molecule has 0 fully saturated rings. The van der Waals surface area contributed by atoms with Crippen LogP contribution in [0.25, 0.3) is 0 Å². The van der Waals surface area contributed by atoms with Crippen molar-refractivity contribution >= 4 is 0 Å². The lowest BCUT2D eigenvalue weighted by molar-refractivity contribution is 1.05. The first-order valence-corrected chi connectivity index (χ1v) is 10.1. The Morgan fingerprint density at radius 3 is 1.00 bits per heavy atom. The first-order valence-electron chi connectivity index (χ1n) is 10.1. The molecule has 28 heavy (non-hydrogen) atoms. The molecule has 0 heteroatoms. The van der Waals surface area contributed by atoms with Gasteiger partial charge in [-0.25, -0.2) is 0 Å². The van der Waals surface area contributed by atoms with Crippen LogP contribution in [0.5, 0.6) is 0 Å². The highest BCUT2D eigenvalue weighted by molar-refractivity contribution is 5.44. The summed E-state index contributed by atoms with van der Waals surface area (Å²) in [5, 5.41) is 0. The lowest BCUT2D eigenvalue weighted by Crippen LogP contribution is -2.01. The molecule has 0 saturated heterocycles. The molecule has 1 aliphatic carbocycles. The maximum absolute atomic E-state index is 2.39. The van der Waals surface area contributed by atoms with Gasteiger partial charge in [-0.05, 0) is 70.2 Å². The van der Waals surface area contributed by atoms with Crippen LogP contribution >= 0.6 is 0 Å². The molecule has 0 N–H and O–H groups in total. The van der Waals surface area contributed by atoms with Gasteiger partial charge in [0.2, 0.25) is 0 Å². The summed E-state index contributed by atoms with van der Waals surface area (Å²) >= 11 is 0. The average molecular weight is 361 g/mol. The third kappa shape index (κ3) is 3.51. The van der Waals surface area contributed by atoms with Crippen LogP contribution in [0.3, 0.4) is 0 Å². The van der Waals surface area contributed by atoms with Crippen LogP contribution in [-0.2, 0) is 25.7 Å². The van der Waals surface area contributed by atoms with Gasteiger partial charge in [-0.2, -0.15) is 0 Å². The van der Waals surface area contributed by atoms with Crippen LogP contribution in [-0.4, -0.2) is 0 Å². The van der Waals surface area contributed by atoms with E-state index in [1.54, 1.807) is 0 Å². The number of hydrogen-bond donors (Lipinski definition) is 0. The first-order chi connectivity index (χ1) is 13.8. The molecule has 0 aliphatic heterocycles. The summed E-state index contributed by atoms with van der Waals surface area (Å²) in [6.45, 7) is 0. The molecule has 0 heterocycles. The molecule has 1 aliphatic rings. The second-order valence-corrected chi connectivity index (χ2v) is 7.83. The van der Waals surface area contributed by atoms with E-state index in [0.29, 0.717) is 0 Å². The molecule has 4 aromatic carbocycles. The summed E-state index contributed by atoms with van der Waals surface area (Å²) in [7, 11) is 0. The Morgan fingerprint density at radius 2 is 0.643 bits per heavy atom. The van der Waals surface area contributed by atoms with Crippen LogP contribution in [0.2, 0.25) is 0 Å². The van der Waals surface area contributed by atoms with E-state index in [2.05, 4.69) is 97.1 Å². The summed E-state index contributed by atoms with van der Waals surface area (Å²) in [4.78, 5) is 0. The van der Waals surface area contributed by atoms with Gasteiger partial charge in [0.05, 0.1) is 0 Å². The highest BCUT2D eigenvalue weighted by Crippen LogP contribution is 2.25. The predicted molar refractivity (Wildman–Crippen MR) is 117 cm³/mol. The van der Waals surface area contributed by atoms with E-state index >= 15 is 0 Å². The Bertz CT molecular complexity index is 1030. The molecule has 0 unspecified atom stereocenters. The fourth-order valence-corrected chi connectivity index (χ4v) is 4.41. The van der Waals surface area contributed by atoms with Crippen molar-refractivity contribution < 1.29 is 0 Å². The minimum absolute atomic E-state index is 0.994. The van der Waals surface area contributed by atoms with Gasteiger partial charge in [0.25, 0.3) is 0 Å². The Labute approximate surface area is 167 Å². The quantitative estimate of drug-likeness (QED) is 0.301. The summed E-state index contributed by atoms with van der Waals surface area (Å²) in [5.41, 5.74) is 11.4. The van der Waals surface area contributed by atoms with E-state index in [9.17, 15) is 0 Å². The summed E-state index contributed by atoms with van der Waals surface area (Å²) in [5.74, 6) is 0. The van der Waals surface area contributed by atoms with Crippen molar-refractivity contribution in [1.82, 2.24) is 0 Å². The van der Waals surface area contributed by atoms with Crippen LogP contribution in [0.1, 0.15) is 44.5 Å². The molecule has 0 nitrogen and oxygen atoms in total. The maximum Gasteiger partial charge on any atom is -0.00201 e. The smallest absolute Gasteiger partial charge is 0.00201 e. The van der Waals surface area contributed by atoms with Gasteiger partial charge in [0, 0.05) is 0 Å². The van der Waals surface area contributed by atoms with Gasteiger partial charge in [-0.15, -0.1) is 0 Å². The molecule has 0 aromatic heterocycles. The minimum atomic E-state index is 0.994. The van der Waals surface area contributed by atoms with Crippen molar-refractivity contribution in [2.45, 2.75) is 25.7 Å². The van der Waals surface area contributed by atoms with Crippen molar-refractivity contribution in [3.63, 3.8) is 0 Å². The normalized spacial score (nSPS) is 13.1. The Kier molecular flexibility index (Phi) is 4.54. The van der Waals surface area contributed by atoms with Gasteiger partial charge >= 0.3 is 0 Å². The van der Waals surface area contributed by atoms with Gasteiger partial charge < -0.3 is 0 Å². The highest BCUT2D eigenvalue weighted by Gasteiger charge is 2.12. The van der Waals surface area contributed by atoms with Crippen LogP contribution < -0.4 is 0 Å². The van der Waals surface area contributed by atoms with Crippen molar-refractivity contribution in [3.8, 4) is 0 Å². The Balaban J connectivity index is 1.69. The zero-order valence-electron chi connectivity index (χ0n) is 16.1. The minimum Gasteiger partial charge on any atom is -0.0620 e. The van der Waals surface area contributed by atoms with Crippen LogP contribution in [0.15, 0.2) is 97.1 Å². The number of rotatable bonds is 0. The molecule has 0 atom stereocenters. The second kappa shape index (κ2) is 7.48. The number of fused-ring (bicyclic) bond motifs is 5. The lowest BCUT2D eigenvalue weighted by atomic mass is 9.91. The number of hydrogen-bond acceptors (Lipinski definition) is 0. The topological polar surface area (TPSA) is 0 Å². The third-order valence-corrected chi connectivity index (χ3v) is 5.90. The van der Waals surface area contributed by atoms with Gasteiger partial charge in [0.15, 0.2) is 0 Å². The van der Waals surface area contributed by atoms with Crippen LogP contribution in [0, 0.1) is 0 Å². The molecule has 136 valence electrons. The molecule has 5 rings (SSSR count). The van der Waals surface area contributed by atoms with E-state index in [1.807, 2.05) is 0 Å². The van der Waals surface area contributed by atoms with Gasteiger partial charge in [-0.1, -0.05) is 97.1 Å². The number of benzene rings is 4. The highest BCUT2D eigenvalue weighted by atomic mass is 14.2. The molecular formula is C28H24. The standard InChI is InChI=1S/C28H24/c1-3-12-25-19-27-14-5-6-15-28(27)20-26-13-4-2-11-24(26)18-22-9-7-8-21(16-22)17-23(25)10-1/h1-16H,17-20H2. The summed E-state index contributed by atoms with van der Waals surface area (Å²) in [6.07, 6.45) is 3.98. The van der Waals surface area contributed by atoms with Crippen molar-refractivity contribution in [3.05, 3.63) is 142 Å². The summed E-state index contributed by atoms with van der Waals surface area (Å²) < 4.78 is 0. The van der Waals surface area contributed by atoms with Crippen molar-refractivity contribution in [2.24, 2.45) is 0 Å². The van der Waals surface area contributed by atoms with Gasteiger partial charge in [-0.3, -0.25) is 0 Å². The van der Waals surface area contributed by atoms with E-state index in [4.69, 9.17) is 0 Å². The molecule has 0 amide bonds. The van der Waals surface area contributed by atoms with E-state index in [-0.39, 0.29) is 0 Å². The Morgan fingerprint density at radius 1 is 0.321 bits per heavy atom. The van der Waals surface area contributed by atoms with Crippen molar-refractivity contribution in [2.75, 3.05) is 0 Å². The zero-order valence-corrected chi connectivity index (χ0v) is 16.1. The fraction of sp³-hybridized carbons (Fsp3) is 0.143. The van der Waals surface area contributed by atoms with Crippen molar-refractivity contribution in [1.29, 1.82) is 0 Å². The molecule has 0 spiro atoms. The lowest BCUT2D eigenvalue weighted by Gasteiger charge is -2.14. The van der Waals surface area contributed by atoms with Gasteiger partial charge in [0.1, 0.15) is 0 Å². The monoisotopic (exact) mass is 360 g/mol. The van der Waals surface area contributed by atoms with E-state index < -0.39 is 0 Å².